The molecule has 5 nitrogen and oxygen atoms in total. The molecule has 2 amide bonds. The molecule has 2 aromatic rings. The van der Waals surface area contributed by atoms with Gasteiger partial charge in [0.2, 0.25) is 0 Å². The van der Waals surface area contributed by atoms with E-state index in [1.54, 1.807) is 31.4 Å². The van der Waals surface area contributed by atoms with Gasteiger partial charge in [-0.25, -0.2) is 9.18 Å². The van der Waals surface area contributed by atoms with Crippen molar-refractivity contribution in [1.82, 2.24) is 10.6 Å². The van der Waals surface area contributed by atoms with Crippen LogP contribution in [-0.2, 0) is 6.54 Å². The van der Waals surface area contributed by atoms with E-state index in [0.717, 1.165) is 11.3 Å². The molecule has 0 radical (unpaired) electrons. The number of carbonyl (C=O) groups is 1. The molecule has 0 saturated heterocycles. The summed E-state index contributed by atoms with van der Waals surface area (Å²) in [5.74, 6) is 0.242. The van der Waals surface area contributed by atoms with Crippen molar-refractivity contribution in [2.75, 3.05) is 13.7 Å². The number of methoxy groups -OCH3 is 1. The lowest BCUT2D eigenvalue weighted by Gasteiger charge is -2.13. The first-order chi connectivity index (χ1) is 11.1. The van der Waals surface area contributed by atoms with Gasteiger partial charge in [0, 0.05) is 18.7 Å². The molecule has 0 aliphatic heterocycles. The fraction of sp³-hybridized carbons (Fsp3) is 0.235. The van der Waals surface area contributed by atoms with Crippen LogP contribution in [0.3, 0.4) is 0 Å². The van der Waals surface area contributed by atoms with Crippen LogP contribution in [-0.4, -0.2) is 24.8 Å². The molecular formula is C17H19FN2O3. The molecule has 0 fully saturated rings. The SMILES string of the molecule is COc1ccc(CNC(=O)NCC(O)c2ccccc2F)cc1. The lowest BCUT2D eigenvalue weighted by molar-refractivity contribution is 0.169. The first-order valence-electron chi connectivity index (χ1n) is 7.17. The number of hydrogen-bond donors (Lipinski definition) is 3. The van der Waals surface area contributed by atoms with E-state index in [9.17, 15) is 14.3 Å². The standard InChI is InChI=1S/C17H19FN2O3/c1-23-13-8-6-12(7-9-13)10-19-17(22)20-11-16(21)14-4-2-3-5-15(14)18/h2-9,16,21H,10-11H2,1H3,(H2,19,20,22). The van der Waals surface area contributed by atoms with Gasteiger partial charge in [-0.2, -0.15) is 0 Å². The maximum atomic E-state index is 13.5. The van der Waals surface area contributed by atoms with Crippen LogP contribution in [0.4, 0.5) is 9.18 Å². The maximum absolute atomic E-state index is 13.5. The van der Waals surface area contributed by atoms with E-state index >= 15 is 0 Å². The molecule has 6 heteroatoms. The normalized spacial score (nSPS) is 11.6. The molecular weight excluding hydrogens is 299 g/mol. The number of aliphatic hydroxyl groups excluding tert-OH is 1. The van der Waals surface area contributed by atoms with Gasteiger partial charge in [-0.05, 0) is 23.8 Å². The lowest BCUT2D eigenvalue weighted by atomic mass is 10.1. The van der Waals surface area contributed by atoms with E-state index in [4.69, 9.17) is 4.74 Å². The summed E-state index contributed by atoms with van der Waals surface area (Å²) in [5, 5.41) is 15.1. The third kappa shape index (κ3) is 4.96. The quantitative estimate of drug-likeness (QED) is 0.766. The highest BCUT2D eigenvalue weighted by Crippen LogP contribution is 2.15. The second-order valence-electron chi connectivity index (χ2n) is 4.95. The van der Waals surface area contributed by atoms with Gasteiger partial charge in [0.1, 0.15) is 11.6 Å². The number of ether oxygens (including phenoxy) is 1. The smallest absolute Gasteiger partial charge is 0.315 e. The van der Waals surface area contributed by atoms with Gasteiger partial charge < -0.3 is 20.5 Å². The van der Waals surface area contributed by atoms with Crippen LogP contribution in [0.1, 0.15) is 17.2 Å². The van der Waals surface area contributed by atoms with Crippen molar-refractivity contribution in [2.45, 2.75) is 12.6 Å². The van der Waals surface area contributed by atoms with Crippen LogP contribution in [0.2, 0.25) is 0 Å². The summed E-state index contributed by atoms with van der Waals surface area (Å²) in [6, 6.07) is 12.8. The minimum absolute atomic E-state index is 0.0740. The second kappa shape index (κ2) is 8.14. The van der Waals surface area contributed by atoms with E-state index in [1.807, 2.05) is 12.1 Å². The maximum Gasteiger partial charge on any atom is 0.315 e. The second-order valence-corrected chi connectivity index (χ2v) is 4.95. The summed E-state index contributed by atoms with van der Waals surface area (Å²) in [4.78, 5) is 11.7. The first-order valence-corrected chi connectivity index (χ1v) is 7.17. The third-order valence-electron chi connectivity index (χ3n) is 3.33. The average Bonchev–Trinajstić information content (AvgIpc) is 2.58. The monoisotopic (exact) mass is 318 g/mol. The van der Waals surface area contributed by atoms with Crippen LogP contribution < -0.4 is 15.4 Å². The van der Waals surface area contributed by atoms with E-state index < -0.39 is 18.0 Å². The third-order valence-corrected chi connectivity index (χ3v) is 3.33. The minimum Gasteiger partial charge on any atom is -0.497 e. The fourth-order valence-corrected chi connectivity index (χ4v) is 2.03. The van der Waals surface area contributed by atoms with Gasteiger partial charge in [-0.1, -0.05) is 30.3 Å². The molecule has 1 unspecified atom stereocenters. The lowest BCUT2D eigenvalue weighted by Crippen LogP contribution is -2.37. The van der Waals surface area contributed by atoms with E-state index in [0.29, 0.717) is 6.54 Å². The molecule has 0 spiro atoms. The van der Waals surface area contributed by atoms with Gasteiger partial charge in [-0.15, -0.1) is 0 Å². The molecule has 0 saturated carbocycles. The molecule has 1 atom stereocenters. The van der Waals surface area contributed by atoms with Crippen LogP contribution >= 0.6 is 0 Å². The highest BCUT2D eigenvalue weighted by atomic mass is 19.1. The predicted octanol–water partition coefficient (Wildman–Crippen LogP) is 2.37. The summed E-state index contributed by atoms with van der Waals surface area (Å²) in [5.41, 5.74) is 1.07. The van der Waals surface area contributed by atoms with Crippen molar-refractivity contribution < 1.29 is 19.0 Å². The van der Waals surface area contributed by atoms with Crippen LogP contribution in [0.15, 0.2) is 48.5 Å². The van der Waals surface area contributed by atoms with Crippen molar-refractivity contribution in [3.05, 3.63) is 65.5 Å². The Hall–Kier alpha value is -2.60. The Kier molecular flexibility index (Phi) is 5.94. The number of aliphatic hydroxyl groups is 1. The predicted molar refractivity (Wildman–Crippen MR) is 84.6 cm³/mol. The zero-order valence-corrected chi connectivity index (χ0v) is 12.8. The molecule has 0 aromatic heterocycles. The van der Waals surface area contributed by atoms with Crippen LogP contribution in [0, 0.1) is 5.82 Å². The first kappa shape index (κ1) is 16.8. The highest BCUT2D eigenvalue weighted by Gasteiger charge is 2.13. The van der Waals surface area contributed by atoms with Crippen molar-refractivity contribution in [3.8, 4) is 5.75 Å². The molecule has 3 N–H and O–H groups in total. The number of nitrogens with one attached hydrogen (secondary N) is 2. The molecule has 2 aromatic carbocycles. The van der Waals surface area contributed by atoms with Gasteiger partial charge >= 0.3 is 6.03 Å². The van der Waals surface area contributed by atoms with Gasteiger partial charge in [0.05, 0.1) is 13.2 Å². The van der Waals surface area contributed by atoms with Crippen molar-refractivity contribution in [1.29, 1.82) is 0 Å². The average molecular weight is 318 g/mol. The molecule has 23 heavy (non-hydrogen) atoms. The number of carbonyl (C=O) groups excluding carboxylic acids is 1. The zero-order valence-electron chi connectivity index (χ0n) is 12.8. The fourth-order valence-electron chi connectivity index (χ4n) is 2.03. The van der Waals surface area contributed by atoms with Crippen LogP contribution in [0.5, 0.6) is 5.75 Å². The topological polar surface area (TPSA) is 70.6 Å². The van der Waals surface area contributed by atoms with E-state index in [-0.39, 0.29) is 12.1 Å². The number of urea groups is 1. The Bertz CT molecular complexity index is 647. The molecule has 0 aliphatic rings. The number of rotatable bonds is 6. The Morgan fingerprint density at radius 3 is 2.52 bits per heavy atom. The molecule has 122 valence electrons. The Labute approximate surface area is 134 Å². The van der Waals surface area contributed by atoms with Gasteiger partial charge in [0.15, 0.2) is 0 Å². The van der Waals surface area contributed by atoms with Gasteiger partial charge in [-0.3, -0.25) is 0 Å². The van der Waals surface area contributed by atoms with E-state index in [1.165, 1.54) is 12.1 Å². The molecule has 0 aliphatic carbocycles. The summed E-state index contributed by atoms with van der Waals surface area (Å²) < 4.78 is 18.6. The number of amides is 2. The van der Waals surface area contributed by atoms with Crippen molar-refractivity contribution in [2.24, 2.45) is 0 Å². The largest absolute Gasteiger partial charge is 0.497 e. The zero-order chi connectivity index (χ0) is 16.7. The van der Waals surface area contributed by atoms with Crippen molar-refractivity contribution >= 4 is 6.03 Å². The van der Waals surface area contributed by atoms with Crippen LogP contribution in [0.25, 0.3) is 0 Å². The Morgan fingerprint density at radius 1 is 1.17 bits per heavy atom. The number of halogens is 1. The summed E-state index contributed by atoms with van der Waals surface area (Å²) in [6.07, 6.45) is -1.09. The van der Waals surface area contributed by atoms with Gasteiger partial charge in [0.25, 0.3) is 0 Å². The van der Waals surface area contributed by atoms with Crippen molar-refractivity contribution in [3.63, 3.8) is 0 Å². The highest BCUT2D eigenvalue weighted by molar-refractivity contribution is 5.73. The molecule has 0 heterocycles. The summed E-state index contributed by atoms with van der Waals surface area (Å²) in [6.45, 7) is 0.265. The Morgan fingerprint density at radius 2 is 1.87 bits per heavy atom. The van der Waals surface area contributed by atoms with E-state index in [2.05, 4.69) is 10.6 Å². The number of benzene rings is 2. The minimum atomic E-state index is -1.09. The molecule has 0 bridgehead atoms. The summed E-state index contributed by atoms with van der Waals surface area (Å²) in [7, 11) is 1.58. The number of hydrogen-bond acceptors (Lipinski definition) is 3. The Balaban J connectivity index is 1.77. The summed E-state index contributed by atoms with van der Waals surface area (Å²) >= 11 is 0. The molecule has 2 rings (SSSR count).